The lowest BCUT2D eigenvalue weighted by Crippen LogP contribution is -2.36. The first kappa shape index (κ1) is 21.4. The minimum atomic E-state index is -0.925. The predicted octanol–water partition coefficient (Wildman–Crippen LogP) is 4.35. The van der Waals surface area contributed by atoms with Crippen molar-refractivity contribution in [3.8, 4) is 0 Å². The van der Waals surface area contributed by atoms with Crippen molar-refractivity contribution < 1.29 is 24.5 Å². The third kappa shape index (κ3) is 5.80. The van der Waals surface area contributed by atoms with E-state index in [9.17, 15) is 19.8 Å². The number of rotatable bonds is 9. The van der Waals surface area contributed by atoms with Crippen molar-refractivity contribution in [1.82, 2.24) is 0 Å². The van der Waals surface area contributed by atoms with Gasteiger partial charge in [-0.15, -0.1) is 0 Å². The number of hydrogen-bond donors (Lipinski definition) is 2. The van der Waals surface area contributed by atoms with Crippen molar-refractivity contribution in [3.63, 3.8) is 0 Å². The van der Waals surface area contributed by atoms with E-state index in [0.29, 0.717) is 12.8 Å². The molecule has 0 radical (unpaired) electrons. The number of ether oxygens (including phenoxy) is 1. The summed E-state index contributed by atoms with van der Waals surface area (Å²) in [7, 11) is 0. The van der Waals surface area contributed by atoms with Crippen molar-refractivity contribution >= 4 is 11.9 Å². The van der Waals surface area contributed by atoms with Gasteiger partial charge < -0.3 is 14.9 Å². The SMILES string of the molecule is CCCCC(C(C)O)C(OC(=O)C1CCCCC1C(=O)O)c1ccccc1. The number of aliphatic hydroxyl groups excluding tert-OH is 1. The fourth-order valence-electron chi connectivity index (χ4n) is 4.05. The molecule has 0 aliphatic heterocycles. The van der Waals surface area contributed by atoms with Crippen molar-refractivity contribution in [1.29, 1.82) is 0 Å². The summed E-state index contributed by atoms with van der Waals surface area (Å²) < 4.78 is 5.91. The maximum Gasteiger partial charge on any atom is 0.310 e. The minimum absolute atomic E-state index is 0.219. The van der Waals surface area contributed by atoms with E-state index >= 15 is 0 Å². The molecule has 1 saturated carbocycles. The van der Waals surface area contributed by atoms with Crippen LogP contribution in [0.1, 0.15) is 70.5 Å². The zero-order chi connectivity index (χ0) is 19.8. The molecule has 5 unspecified atom stereocenters. The number of unbranched alkanes of at least 4 members (excludes halogenated alkanes) is 1. The largest absolute Gasteiger partial charge is 0.481 e. The van der Waals surface area contributed by atoms with Crippen molar-refractivity contribution in [2.24, 2.45) is 17.8 Å². The molecular formula is C22H32O5. The van der Waals surface area contributed by atoms with Gasteiger partial charge in [-0.2, -0.15) is 0 Å². The molecule has 5 heteroatoms. The third-order valence-corrected chi connectivity index (χ3v) is 5.66. The number of aliphatic hydroxyl groups is 1. The average molecular weight is 376 g/mol. The Morgan fingerprint density at radius 2 is 1.78 bits per heavy atom. The highest BCUT2D eigenvalue weighted by molar-refractivity contribution is 5.81. The molecule has 0 heterocycles. The van der Waals surface area contributed by atoms with Gasteiger partial charge >= 0.3 is 11.9 Å². The minimum Gasteiger partial charge on any atom is -0.481 e. The second kappa shape index (κ2) is 10.5. The highest BCUT2D eigenvalue weighted by Crippen LogP contribution is 2.37. The Kier molecular flexibility index (Phi) is 8.29. The monoisotopic (exact) mass is 376 g/mol. The van der Waals surface area contributed by atoms with E-state index in [1.165, 1.54) is 0 Å². The van der Waals surface area contributed by atoms with Gasteiger partial charge in [0.15, 0.2) is 0 Å². The standard InChI is InChI=1S/C22H32O5/c1-3-4-12-17(15(2)23)20(16-10-6-5-7-11-16)27-22(26)19-14-9-8-13-18(19)21(24)25/h5-7,10-11,15,17-20,23H,3-4,8-9,12-14H2,1-2H3,(H,24,25). The van der Waals surface area contributed by atoms with Crippen LogP contribution in [0.2, 0.25) is 0 Å². The second-order valence-corrected chi connectivity index (χ2v) is 7.65. The summed E-state index contributed by atoms with van der Waals surface area (Å²) in [6.07, 6.45) is 4.20. The molecule has 2 N–H and O–H groups in total. The number of carboxylic acids is 1. The maximum absolute atomic E-state index is 12.9. The average Bonchev–Trinajstić information content (AvgIpc) is 2.67. The van der Waals surface area contributed by atoms with E-state index in [2.05, 4.69) is 6.92 Å². The zero-order valence-electron chi connectivity index (χ0n) is 16.3. The van der Waals surface area contributed by atoms with Gasteiger partial charge in [0.25, 0.3) is 0 Å². The van der Waals surface area contributed by atoms with Gasteiger partial charge in [-0.05, 0) is 31.7 Å². The van der Waals surface area contributed by atoms with Gasteiger partial charge in [-0.3, -0.25) is 9.59 Å². The molecule has 1 fully saturated rings. The van der Waals surface area contributed by atoms with Crippen LogP contribution < -0.4 is 0 Å². The molecule has 0 spiro atoms. The Bertz CT molecular complexity index is 598. The Labute approximate surface area is 161 Å². The number of aliphatic carboxylic acids is 1. The Morgan fingerprint density at radius 1 is 1.15 bits per heavy atom. The van der Waals surface area contributed by atoms with Crippen LogP contribution in [-0.2, 0) is 14.3 Å². The van der Waals surface area contributed by atoms with E-state index in [1.54, 1.807) is 6.92 Å². The van der Waals surface area contributed by atoms with Crippen LogP contribution in [0.4, 0.5) is 0 Å². The Hall–Kier alpha value is -1.88. The first-order valence-electron chi connectivity index (χ1n) is 10.1. The topological polar surface area (TPSA) is 83.8 Å². The molecule has 5 nitrogen and oxygen atoms in total. The lowest BCUT2D eigenvalue weighted by molar-refractivity contribution is -0.168. The van der Waals surface area contributed by atoms with Crippen LogP contribution in [0.3, 0.4) is 0 Å². The lowest BCUT2D eigenvalue weighted by Gasteiger charge is -2.33. The molecule has 2 rings (SSSR count). The molecule has 0 bridgehead atoms. The lowest BCUT2D eigenvalue weighted by atomic mass is 9.79. The zero-order valence-corrected chi connectivity index (χ0v) is 16.3. The van der Waals surface area contributed by atoms with E-state index in [1.807, 2.05) is 30.3 Å². The third-order valence-electron chi connectivity index (χ3n) is 5.66. The molecule has 0 saturated heterocycles. The van der Waals surface area contributed by atoms with Gasteiger partial charge in [0, 0.05) is 5.92 Å². The molecule has 0 aromatic heterocycles. The van der Waals surface area contributed by atoms with Crippen LogP contribution in [0, 0.1) is 17.8 Å². The molecule has 1 aliphatic rings. The molecular weight excluding hydrogens is 344 g/mol. The smallest absolute Gasteiger partial charge is 0.310 e. The molecule has 27 heavy (non-hydrogen) atoms. The number of carboxylic acid groups (broad SMARTS) is 1. The molecule has 0 amide bonds. The predicted molar refractivity (Wildman–Crippen MR) is 103 cm³/mol. The van der Waals surface area contributed by atoms with Gasteiger partial charge in [-0.1, -0.05) is 62.9 Å². The number of hydrogen-bond acceptors (Lipinski definition) is 4. The normalized spacial score (nSPS) is 23.2. The summed E-state index contributed by atoms with van der Waals surface area (Å²) in [5, 5.41) is 19.8. The highest BCUT2D eigenvalue weighted by Gasteiger charge is 2.39. The second-order valence-electron chi connectivity index (χ2n) is 7.65. The molecule has 150 valence electrons. The van der Waals surface area contributed by atoms with E-state index in [4.69, 9.17) is 4.74 Å². The Morgan fingerprint density at radius 3 is 2.33 bits per heavy atom. The number of carbonyl (C=O) groups excluding carboxylic acids is 1. The fourth-order valence-corrected chi connectivity index (χ4v) is 4.05. The van der Waals surface area contributed by atoms with Crippen molar-refractivity contribution in [2.75, 3.05) is 0 Å². The number of esters is 1. The van der Waals surface area contributed by atoms with E-state index < -0.39 is 36.0 Å². The summed E-state index contributed by atoms with van der Waals surface area (Å²) in [6.45, 7) is 3.81. The van der Waals surface area contributed by atoms with Crippen LogP contribution in [0.5, 0.6) is 0 Å². The molecule has 1 aliphatic carbocycles. The fraction of sp³-hybridized carbons (Fsp3) is 0.636. The first-order chi connectivity index (χ1) is 13.0. The summed E-state index contributed by atoms with van der Waals surface area (Å²) >= 11 is 0. The number of benzene rings is 1. The van der Waals surface area contributed by atoms with Crippen LogP contribution in [-0.4, -0.2) is 28.3 Å². The van der Waals surface area contributed by atoms with Gasteiger partial charge in [0.2, 0.25) is 0 Å². The summed E-state index contributed by atoms with van der Waals surface area (Å²) in [5.41, 5.74) is 0.843. The van der Waals surface area contributed by atoms with Crippen LogP contribution in [0.15, 0.2) is 30.3 Å². The summed E-state index contributed by atoms with van der Waals surface area (Å²) in [5.74, 6) is -2.88. The quantitative estimate of drug-likeness (QED) is 0.626. The Balaban J connectivity index is 2.25. The first-order valence-corrected chi connectivity index (χ1v) is 10.1. The van der Waals surface area contributed by atoms with E-state index in [0.717, 1.165) is 37.7 Å². The summed E-state index contributed by atoms with van der Waals surface area (Å²) in [4.78, 5) is 24.5. The summed E-state index contributed by atoms with van der Waals surface area (Å²) in [6, 6.07) is 9.46. The van der Waals surface area contributed by atoms with Gasteiger partial charge in [0.05, 0.1) is 17.9 Å². The van der Waals surface area contributed by atoms with E-state index in [-0.39, 0.29) is 5.92 Å². The van der Waals surface area contributed by atoms with Crippen LogP contribution in [0.25, 0.3) is 0 Å². The van der Waals surface area contributed by atoms with Crippen molar-refractivity contribution in [3.05, 3.63) is 35.9 Å². The van der Waals surface area contributed by atoms with Crippen LogP contribution >= 0.6 is 0 Å². The molecule has 1 aromatic carbocycles. The highest BCUT2D eigenvalue weighted by atomic mass is 16.5. The molecule has 1 aromatic rings. The maximum atomic E-state index is 12.9. The van der Waals surface area contributed by atoms with Gasteiger partial charge in [-0.25, -0.2) is 0 Å². The number of carbonyl (C=O) groups is 2. The molecule has 5 atom stereocenters. The van der Waals surface area contributed by atoms with Gasteiger partial charge in [0.1, 0.15) is 6.10 Å². The van der Waals surface area contributed by atoms with Crippen molar-refractivity contribution in [2.45, 2.75) is 71.0 Å².